The fraction of sp³-hybridized carbons (Fsp3) is 0.417. The molecule has 3 nitrogen and oxygen atoms in total. The number of hydrogen-bond donors (Lipinski definition) is 2. The quantitative estimate of drug-likeness (QED) is 0.853. The molecular formula is C12H16ClFN2O. The summed E-state index contributed by atoms with van der Waals surface area (Å²) in [5.41, 5.74) is 0.117. The van der Waals surface area contributed by atoms with Gasteiger partial charge in [0.2, 0.25) is 5.91 Å². The number of anilines is 1. The second kappa shape index (κ2) is 6.57. The third-order valence-corrected chi connectivity index (χ3v) is 2.65. The van der Waals surface area contributed by atoms with Gasteiger partial charge in [-0.2, -0.15) is 0 Å². The molecule has 0 aliphatic heterocycles. The second-order valence-corrected chi connectivity index (χ2v) is 4.21. The largest absolute Gasteiger partial charge is 0.323 e. The lowest BCUT2D eigenvalue weighted by molar-refractivity contribution is -0.119. The zero-order valence-corrected chi connectivity index (χ0v) is 10.6. The third-order valence-electron chi connectivity index (χ3n) is 2.36. The lowest BCUT2D eigenvalue weighted by Crippen LogP contribution is -2.30. The number of hydrogen-bond acceptors (Lipinski definition) is 2. The summed E-state index contributed by atoms with van der Waals surface area (Å²) in [5.74, 6) is -1.06. The molecule has 1 aromatic rings. The van der Waals surface area contributed by atoms with Crippen LogP contribution in [-0.4, -0.2) is 19.0 Å². The highest BCUT2D eigenvalue weighted by Crippen LogP contribution is 2.22. The number of rotatable bonds is 5. The van der Waals surface area contributed by atoms with Gasteiger partial charge in [0.1, 0.15) is 0 Å². The van der Waals surface area contributed by atoms with Gasteiger partial charge in [0.05, 0.1) is 10.7 Å². The average molecular weight is 259 g/mol. The normalized spacial score (nSPS) is 12.2. The molecule has 94 valence electrons. The molecule has 1 rings (SSSR count). The summed E-state index contributed by atoms with van der Waals surface area (Å²) in [6, 6.07) is 4.52. The molecule has 17 heavy (non-hydrogen) atoms. The number of benzene rings is 1. The van der Waals surface area contributed by atoms with E-state index in [0.29, 0.717) is 6.54 Å². The molecule has 2 N–H and O–H groups in total. The molecule has 1 amide bonds. The van der Waals surface area contributed by atoms with Gasteiger partial charge in [0.15, 0.2) is 5.82 Å². The zero-order chi connectivity index (χ0) is 12.8. The van der Waals surface area contributed by atoms with Crippen molar-refractivity contribution < 1.29 is 9.18 Å². The van der Waals surface area contributed by atoms with E-state index >= 15 is 0 Å². The topological polar surface area (TPSA) is 41.1 Å². The predicted octanol–water partition coefficient (Wildman–Crippen LogP) is 2.66. The van der Waals surface area contributed by atoms with Gasteiger partial charge in [-0.1, -0.05) is 31.5 Å². The summed E-state index contributed by atoms with van der Waals surface area (Å²) in [5, 5.41) is 5.58. The van der Waals surface area contributed by atoms with Crippen LogP contribution in [0.15, 0.2) is 18.2 Å². The van der Waals surface area contributed by atoms with Gasteiger partial charge in [-0.15, -0.1) is 0 Å². The molecule has 5 heteroatoms. The van der Waals surface area contributed by atoms with E-state index in [9.17, 15) is 9.18 Å². The molecule has 0 heterocycles. The van der Waals surface area contributed by atoms with Crippen molar-refractivity contribution in [3.8, 4) is 0 Å². The molecule has 0 spiro atoms. The van der Waals surface area contributed by atoms with E-state index in [4.69, 9.17) is 11.6 Å². The Hall–Kier alpha value is -1.13. The van der Waals surface area contributed by atoms with Crippen LogP contribution in [0.5, 0.6) is 0 Å². The minimum atomic E-state index is -0.599. The van der Waals surface area contributed by atoms with Crippen molar-refractivity contribution in [2.45, 2.75) is 13.8 Å². The lowest BCUT2D eigenvalue weighted by Gasteiger charge is -2.13. The monoisotopic (exact) mass is 258 g/mol. The number of halogens is 2. The van der Waals surface area contributed by atoms with Crippen LogP contribution < -0.4 is 10.6 Å². The van der Waals surface area contributed by atoms with Crippen molar-refractivity contribution in [3.63, 3.8) is 0 Å². The second-order valence-electron chi connectivity index (χ2n) is 3.80. The van der Waals surface area contributed by atoms with Crippen LogP contribution in [0.4, 0.5) is 10.1 Å². The molecule has 1 unspecified atom stereocenters. The first-order chi connectivity index (χ1) is 8.06. The number of amides is 1. The molecule has 0 aliphatic carbocycles. The van der Waals surface area contributed by atoms with Crippen molar-refractivity contribution in [2.75, 3.05) is 18.4 Å². The SMILES string of the molecule is CCNCC(C)C(=O)Nc1cccc(Cl)c1F. The van der Waals surface area contributed by atoms with Crippen LogP contribution in [0.1, 0.15) is 13.8 Å². The minimum Gasteiger partial charge on any atom is -0.323 e. The van der Waals surface area contributed by atoms with Crippen molar-refractivity contribution >= 4 is 23.2 Å². The Bertz CT molecular complexity index is 398. The third kappa shape index (κ3) is 3.98. The number of carbonyl (C=O) groups is 1. The number of carbonyl (C=O) groups excluding carboxylic acids is 1. The maximum Gasteiger partial charge on any atom is 0.228 e. The van der Waals surface area contributed by atoms with E-state index < -0.39 is 5.82 Å². The highest BCUT2D eigenvalue weighted by molar-refractivity contribution is 6.31. The van der Waals surface area contributed by atoms with Gasteiger partial charge in [-0.3, -0.25) is 4.79 Å². The van der Waals surface area contributed by atoms with E-state index in [2.05, 4.69) is 10.6 Å². The van der Waals surface area contributed by atoms with Crippen LogP contribution in [0.3, 0.4) is 0 Å². The molecule has 0 radical (unpaired) electrons. The Morgan fingerprint density at radius 2 is 2.24 bits per heavy atom. The number of nitrogens with one attached hydrogen (secondary N) is 2. The summed E-state index contributed by atoms with van der Waals surface area (Å²) in [6.45, 7) is 5.09. The Labute approximate surface area is 105 Å². The fourth-order valence-electron chi connectivity index (χ4n) is 1.31. The summed E-state index contributed by atoms with van der Waals surface area (Å²) < 4.78 is 13.5. The Morgan fingerprint density at radius 1 is 1.53 bits per heavy atom. The van der Waals surface area contributed by atoms with Crippen LogP contribution in [0, 0.1) is 11.7 Å². The van der Waals surface area contributed by atoms with Crippen molar-refractivity contribution in [1.29, 1.82) is 0 Å². The standard InChI is InChI=1S/C12H16ClFN2O/c1-3-15-7-8(2)12(17)16-10-6-4-5-9(13)11(10)14/h4-6,8,15H,3,7H2,1-2H3,(H,16,17). The van der Waals surface area contributed by atoms with E-state index in [1.165, 1.54) is 12.1 Å². The molecule has 0 aromatic heterocycles. The molecule has 1 aromatic carbocycles. The first-order valence-electron chi connectivity index (χ1n) is 5.51. The van der Waals surface area contributed by atoms with Crippen molar-refractivity contribution in [1.82, 2.24) is 5.32 Å². The summed E-state index contributed by atoms with van der Waals surface area (Å²) >= 11 is 5.62. The average Bonchev–Trinajstić information content (AvgIpc) is 2.31. The molecule has 1 atom stereocenters. The summed E-state index contributed by atoms with van der Waals surface area (Å²) in [7, 11) is 0. The van der Waals surface area contributed by atoms with Gasteiger partial charge in [0, 0.05) is 12.5 Å². The molecule has 0 saturated heterocycles. The van der Waals surface area contributed by atoms with E-state index in [1.54, 1.807) is 13.0 Å². The highest BCUT2D eigenvalue weighted by Gasteiger charge is 2.15. The highest BCUT2D eigenvalue weighted by atomic mass is 35.5. The lowest BCUT2D eigenvalue weighted by atomic mass is 10.1. The Balaban J connectivity index is 2.64. The van der Waals surface area contributed by atoms with Crippen LogP contribution >= 0.6 is 11.6 Å². The van der Waals surface area contributed by atoms with Gasteiger partial charge in [-0.25, -0.2) is 4.39 Å². The van der Waals surface area contributed by atoms with Gasteiger partial charge in [0.25, 0.3) is 0 Å². The van der Waals surface area contributed by atoms with E-state index in [1.807, 2.05) is 6.92 Å². The van der Waals surface area contributed by atoms with Crippen molar-refractivity contribution in [3.05, 3.63) is 29.0 Å². The van der Waals surface area contributed by atoms with Crippen LogP contribution in [-0.2, 0) is 4.79 Å². The fourth-order valence-corrected chi connectivity index (χ4v) is 1.48. The molecule has 0 bridgehead atoms. The van der Waals surface area contributed by atoms with Crippen LogP contribution in [0.25, 0.3) is 0 Å². The predicted molar refractivity (Wildman–Crippen MR) is 67.7 cm³/mol. The molecule has 0 fully saturated rings. The van der Waals surface area contributed by atoms with E-state index in [-0.39, 0.29) is 22.5 Å². The molecule has 0 saturated carbocycles. The van der Waals surface area contributed by atoms with Gasteiger partial charge in [-0.05, 0) is 18.7 Å². The summed E-state index contributed by atoms with van der Waals surface area (Å²) in [4.78, 5) is 11.7. The minimum absolute atomic E-state index is 0.00198. The maximum absolute atomic E-state index is 13.5. The summed E-state index contributed by atoms with van der Waals surface area (Å²) in [6.07, 6.45) is 0. The van der Waals surface area contributed by atoms with Crippen LogP contribution in [0.2, 0.25) is 5.02 Å². The van der Waals surface area contributed by atoms with E-state index in [0.717, 1.165) is 6.54 Å². The van der Waals surface area contributed by atoms with Crippen molar-refractivity contribution in [2.24, 2.45) is 5.92 Å². The maximum atomic E-state index is 13.5. The Morgan fingerprint density at radius 3 is 2.88 bits per heavy atom. The first-order valence-corrected chi connectivity index (χ1v) is 5.89. The zero-order valence-electron chi connectivity index (χ0n) is 9.89. The van der Waals surface area contributed by atoms with Gasteiger partial charge >= 0.3 is 0 Å². The molecular weight excluding hydrogens is 243 g/mol. The smallest absolute Gasteiger partial charge is 0.228 e. The van der Waals surface area contributed by atoms with Gasteiger partial charge < -0.3 is 10.6 Å². The first kappa shape index (κ1) is 13.9. The molecule has 0 aliphatic rings. The Kier molecular flexibility index (Phi) is 5.38.